The van der Waals surface area contributed by atoms with E-state index in [1.165, 1.54) is 6.08 Å². The van der Waals surface area contributed by atoms with Crippen LogP contribution in [0.5, 0.6) is 0 Å². The number of hydrogen-bond acceptors (Lipinski definition) is 0. The third-order valence-corrected chi connectivity index (χ3v) is 1.00. The van der Waals surface area contributed by atoms with E-state index in [1.807, 2.05) is 0 Å². The Labute approximate surface area is 75.9 Å². The van der Waals surface area contributed by atoms with Gasteiger partial charge in [0, 0.05) is 26.2 Å². The summed E-state index contributed by atoms with van der Waals surface area (Å²) < 4.78 is 34.8. The van der Waals surface area contributed by atoms with E-state index in [2.05, 4.69) is 6.08 Å². The molecular weight excluding hydrogens is 220 g/mol. The molecule has 0 saturated heterocycles. The number of hydrogen-bond donors (Lipinski definition) is 0. The Morgan fingerprint density at radius 1 is 1.40 bits per heavy atom. The molecule has 1 aliphatic rings. The summed E-state index contributed by atoms with van der Waals surface area (Å²) in [4.78, 5) is 0. The molecule has 0 spiro atoms. The molecular formula is C6H4F3Zr-. The molecule has 0 N–H and O–H groups in total. The zero-order chi connectivity index (χ0) is 6.91. The van der Waals surface area contributed by atoms with Crippen molar-refractivity contribution in [3.05, 3.63) is 23.8 Å². The molecule has 0 radical (unpaired) electrons. The van der Waals surface area contributed by atoms with Gasteiger partial charge in [0.05, 0.1) is 0 Å². The molecule has 0 unspecified atom stereocenters. The van der Waals surface area contributed by atoms with Crippen LogP contribution in [0.25, 0.3) is 0 Å². The maximum atomic E-state index is 11.6. The second kappa shape index (κ2) is 3.52. The first-order chi connectivity index (χ1) is 4.11. The first-order valence-corrected chi connectivity index (χ1v) is 2.45. The van der Waals surface area contributed by atoms with Gasteiger partial charge < -0.3 is 0 Å². The first kappa shape index (κ1) is 10.2. The topological polar surface area (TPSA) is 0 Å². The molecule has 1 aliphatic carbocycles. The average Bonchev–Trinajstić information content (AvgIpc) is 2.08. The number of alkyl halides is 3. The molecule has 0 aromatic rings. The number of rotatable bonds is 0. The quantitative estimate of drug-likeness (QED) is 0.554. The average molecular weight is 224 g/mol. The summed E-state index contributed by atoms with van der Waals surface area (Å²) in [6.45, 7) is 0. The van der Waals surface area contributed by atoms with Crippen molar-refractivity contribution < 1.29 is 39.4 Å². The monoisotopic (exact) mass is 223 g/mol. The van der Waals surface area contributed by atoms with Crippen molar-refractivity contribution in [1.82, 2.24) is 0 Å². The molecule has 54 valence electrons. The van der Waals surface area contributed by atoms with Gasteiger partial charge in [-0.25, -0.2) is 6.08 Å². The third-order valence-electron chi connectivity index (χ3n) is 1.00. The Balaban J connectivity index is 0.000000810. The molecule has 0 saturated carbocycles. The van der Waals surface area contributed by atoms with Crippen LogP contribution in [-0.2, 0) is 26.2 Å². The van der Waals surface area contributed by atoms with Crippen molar-refractivity contribution in [2.24, 2.45) is 0 Å². The standard InChI is InChI=1S/C6H4F3.Zr/c7-6(8,9)5-3-1-2-4-5;/h1,3H,2H2;/q-1;. The second-order valence-electron chi connectivity index (χ2n) is 1.69. The van der Waals surface area contributed by atoms with Crippen LogP contribution >= 0.6 is 0 Å². The maximum absolute atomic E-state index is 11.6. The molecule has 0 nitrogen and oxygen atoms in total. The van der Waals surface area contributed by atoms with Gasteiger partial charge in [0.15, 0.2) is 0 Å². The van der Waals surface area contributed by atoms with Crippen LogP contribution < -0.4 is 0 Å². The van der Waals surface area contributed by atoms with E-state index in [0.29, 0.717) is 0 Å². The van der Waals surface area contributed by atoms with Crippen LogP contribution in [0.15, 0.2) is 17.7 Å². The molecule has 0 amide bonds. The Bertz CT molecular complexity index is 166. The molecule has 0 fully saturated rings. The number of allylic oxidation sites excluding steroid dienone is 4. The number of halogens is 3. The van der Waals surface area contributed by atoms with Gasteiger partial charge in [-0.1, -0.05) is 0 Å². The Morgan fingerprint density at radius 2 is 2.00 bits per heavy atom. The zero-order valence-corrected chi connectivity index (χ0v) is 7.45. The molecule has 0 aromatic heterocycles. The maximum Gasteiger partial charge on any atom is 0.384 e. The van der Waals surface area contributed by atoms with Crippen LogP contribution in [0.3, 0.4) is 0 Å². The van der Waals surface area contributed by atoms with Crippen LogP contribution in [0.2, 0.25) is 0 Å². The molecule has 0 heterocycles. The van der Waals surface area contributed by atoms with E-state index in [9.17, 15) is 13.2 Å². The van der Waals surface area contributed by atoms with Crippen LogP contribution in [0, 0.1) is 6.08 Å². The largest absolute Gasteiger partial charge is 0.384 e. The van der Waals surface area contributed by atoms with Gasteiger partial charge in [-0.3, -0.25) is 6.08 Å². The summed E-state index contributed by atoms with van der Waals surface area (Å²) in [6, 6.07) is 0. The van der Waals surface area contributed by atoms with Crippen molar-refractivity contribution in [3.8, 4) is 0 Å². The summed E-state index contributed by atoms with van der Waals surface area (Å²) in [5.74, 6) is 0. The Hall–Kier alpha value is 0.153. The molecule has 4 heteroatoms. The molecule has 0 aromatic carbocycles. The van der Waals surface area contributed by atoms with Crippen molar-refractivity contribution in [1.29, 1.82) is 0 Å². The normalized spacial score (nSPS) is 16.5. The molecule has 0 atom stereocenters. The summed E-state index contributed by atoms with van der Waals surface area (Å²) in [5, 5.41) is 0. The SMILES string of the molecule is FC(F)(F)C1=[C-]CC=C1.[Zr]. The predicted octanol–water partition coefficient (Wildman–Crippen LogP) is 2.24. The molecule has 10 heavy (non-hydrogen) atoms. The summed E-state index contributed by atoms with van der Waals surface area (Å²) in [5.41, 5.74) is -0.650. The van der Waals surface area contributed by atoms with E-state index in [0.717, 1.165) is 6.08 Å². The van der Waals surface area contributed by atoms with Crippen molar-refractivity contribution >= 4 is 0 Å². The van der Waals surface area contributed by atoms with Gasteiger partial charge in [0.2, 0.25) is 0 Å². The van der Waals surface area contributed by atoms with Crippen molar-refractivity contribution in [2.75, 3.05) is 0 Å². The van der Waals surface area contributed by atoms with Crippen LogP contribution in [0.4, 0.5) is 13.2 Å². The van der Waals surface area contributed by atoms with E-state index >= 15 is 0 Å². The fourth-order valence-corrected chi connectivity index (χ4v) is 0.599. The van der Waals surface area contributed by atoms with Gasteiger partial charge in [-0.2, -0.15) is 19.2 Å². The van der Waals surface area contributed by atoms with E-state index in [-0.39, 0.29) is 32.6 Å². The fraction of sp³-hybridized carbons (Fsp3) is 0.333. The van der Waals surface area contributed by atoms with Gasteiger partial charge in [0.1, 0.15) is 0 Å². The fourth-order valence-electron chi connectivity index (χ4n) is 0.599. The third kappa shape index (κ3) is 2.41. The van der Waals surface area contributed by atoms with Crippen molar-refractivity contribution in [3.63, 3.8) is 0 Å². The molecule has 0 aliphatic heterocycles. The Morgan fingerprint density at radius 3 is 2.20 bits per heavy atom. The minimum atomic E-state index is -4.20. The van der Waals surface area contributed by atoms with Crippen molar-refractivity contribution in [2.45, 2.75) is 12.6 Å². The first-order valence-electron chi connectivity index (χ1n) is 2.45. The summed E-state index contributed by atoms with van der Waals surface area (Å²) >= 11 is 0. The van der Waals surface area contributed by atoms with Crippen LogP contribution in [-0.4, -0.2) is 6.18 Å². The minimum Gasteiger partial charge on any atom is -0.261 e. The Kier molecular flexibility index (Phi) is 3.57. The van der Waals surface area contributed by atoms with E-state index < -0.39 is 11.7 Å². The van der Waals surface area contributed by atoms with Gasteiger partial charge >= 0.3 is 6.18 Å². The smallest absolute Gasteiger partial charge is 0.261 e. The minimum absolute atomic E-state index is 0. The van der Waals surface area contributed by atoms with Gasteiger partial charge in [-0.05, 0) is 0 Å². The van der Waals surface area contributed by atoms with Crippen LogP contribution in [0.1, 0.15) is 6.42 Å². The van der Waals surface area contributed by atoms with Gasteiger partial charge in [0.25, 0.3) is 0 Å². The zero-order valence-electron chi connectivity index (χ0n) is 5.00. The molecule has 0 bridgehead atoms. The second-order valence-corrected chi connectivity index (χ2v) is 1.69. The van der Waals surface area contributed by atoms with Gasteiger partial charge in [-0.15, -0.1) is 12.0 Å². The molecule has 1 rings (SSSR count). The summed E-state index contributed by atoms with van der Waals surface area (Å²) in [6.07, 6.45) is 0.737. The van der Waals surface area contributed by atoms with E-state index in [4.69, 9.17) is 0 Å². The predicted molar refractivity (Wildman–Crippen MR) is 26.6 cm³/mol. The summed E-state index contributed by atoms with van der Waals surface area (Å²) in [7, 11) is 0. The van der Waals surface area contributed by atoms with E-state index in [1.54, 1.807) is 0 Å².